The Hall–Kier alpha value is -2.89. The molecule has 1 aromatic carbocycles. The number of pyridine rings is 1. The number of nitrogens with one attached hydrogen (secondary N) is 2. The van der Waals surface area contributed by atoms with Gasteiger partial charge >= 0.3 is 5.97 Å². The van der Waals surface area contributed by atoms with Crippen molar-refractivity contribution in [3.63, 3.8) is 0 Å². The van der Waals surface area contributed by atoms with Gasteiger partial charge in [0.2, 0.25) is 5.95 Å². The van der Waals surface area contributed by atoms with Gasteiger partial charge < -0.3 is 15.3 Å². The smallest absolute Gasteiger partial charge is 0.306 e. The molecule has 150 valence electrons. The minimum absolute atomic E-state index is 0.153. The Morgan fingerprint density at radius 2 is 1.86 bits per heavy atom. The number of carboxylic acid groups (broad SMARTS) is 1. The SMILES string of the molecule is O=C(NI)c1ccc(Nc2nc3c(N4CCC(C(=O)O)CC4)cccn3n2)cc1. The molecule has 0 bridgehead atoms. The van der Waals surface area contributed by atoms with Crippen LogP contribution in [0.3, 0.4) is 0 Å². The first kappa shape index (κ1) is 19.4. The lowest BCUT2D eigenvalue weighted by molar-refractivity contribution is -0.142. The molecule has 0 spiro atoms. The summed E-state index contributed by atoms with van der Waals surface area (Å²) in [6.45, 7) is 1.35. The van der Waals surface area contributed by atoms with Gasteiger partial charge in [-0.05, 0) is 49.2 Å². The Kier molecular flexibility index (Phi) is 5.51. The van der Waals surface area contributed by atoms with Gasteiger partial charge in [-0.15, -0.1) is 5.10 Å². The first-order valence-corrected chi connectivity index (χ1v) is 10.2. The van der Waals surface area contributed by atoms with Crippen molar-refractivity contribution in [3.05, 3.63) is 48.2 Å². The molecule has 3 heterocycles. The van der Waals surface area contributed by atoms with E-state index in [4.69, 9.17) is 0 Å². The summed E-state index contributed by atoms with van der Waals surface area (Å²) in [5.74, 6) is -0.708. The zero-order valence-electron chi connectivity index (χ0n) is 15.4. The lowest BCUT2D eigenvalue weighted by atomic mass is 9.97. The van der Waals surface area contributed by atoms with Crippen molar-refractivity contribution in [3.8, 4) is 0 Å². The van der Waals surface area contributed by atoms with Crippen molar-refractivity contribution in [1.29, 1.82) is 0 Å². The monoisotopic (exact) mass is 506 g/mol. The second-order valence-electron chi connectivity index (χ2n) is 6.82. The molecule has 1 saturated heterocycles. The molecule has 0 radical (unpaired) electrons. The average molecular weight is 506 g/mol. The largest absolute Gasteiger partial charge is 0.481 e. The fraction of sp³-hybridized carbons (Fsp3) is 0.263. The molecule has 29 heavy (non-hydrogen) atoms. The van der Waals surface area contributed by atoms with Gasteiger partial charge in [0.1, 0.15) is 0 Å². The third kappa shape index (κ3) is 4.11. The predicted octanol–water partition coefficient (Wildman–Crippen LogP) is 2.85. The molecule has 0 saturated carbocycles. The van der Waals surface area contributed by atoms with Crippen LogP contribution in [0.5, 0.6) is 0 Å². The zero-order chi connectivity index (χ0) is 20.4. The number of aromatic nitrogens is 3. The number of carbonyl (C=O) groups excluding carboxylic acids is 1. The fourth-order valence-electron chi connectivity index (χ4n) is 3.45. The van der Waals surface area contributed by atoms with E-state index in [1.54, 1.807) is 51.6 Å². The predicted molar refractivity (Wildman–Crippen MR) is 117 cm³/mol. The molecule has 1 fully saturated rings. The first-order valence-electron chi connectivity index (χ1n) is 9.16. The van der Waals surface area contributed by atoms with Crippen LogP contribution in [0.4, 0.5) is 17.3 Å². The quantitative estimate of drug-likeness (QED) is 0.361. The van der Waals surface area contributed by atoms with E-state index in [1.807, 2.05) is 18.3 Å². The fourth-order valence-corrected chi connectivity index (χ4v) is 3.76. The van der Waals surface area contributed by atoms with Crippen molar-refractivity contribution >= 4 is 57.7 Å². The lowest BCUT2D eigenvalue weighted by Crippen LogP contribution is -2.36. The van der Waals surface area contributed by atoms with Gasteiger partial charge in [-0.2, -0.15) is 4.98 Å². The highest BCUT2D eigenvalue weighted by Crippen LogP contribution is 2.27. The molecule has 1 amide bonds. The van der Waals surface area contributed by atoms with Gasteiger partial charge in [0, 0.05) is 30.5 Å². The third-order valence-electron chi connectivity index (χ3n) is 5.02. The van der Waals surface area contributed by atoms with Gasteiger partial charge in [-0.25, -0.2) is 4.52 Å². The highest BCUT2D eigenvalue weighted by Gasteiger charge is 2.26. The van der Waals surface area contributed by atoms with Crippen LogP contribution in [-0.4, -0.2) is 44.7 Å². The van der Waals surface area contributed by atoms with E-state index in [0.29, 0.717) is 43.1 Å². The molecule has 1 aliphatic rings. The summed E-state index contributed by atoms with van der Waals surface area (Å²) < 4.78 is 4.27. The van der Waals surface area contributed by atoms with Crippen LogP contribution < -0.4 is 13.7 Å². The number of carbonyl (C=O) groups is 2. The minimum Gasteiger partial charge on any atom is -0.481 e. The number of anilines is 3. The number of rotatable bonds is 5. The van der Waals surface area contributed by atoms with Gasteiger partial charge in [0.05, 0.1) is 34.5 Å². The van der Waals surface area contributed by atoms with Crippen LogP contribution in [0, 0.1) is 5.92 Å². The van der Waals surface area contributed by atoms with E-state index in [0.717, 1.165) is 11.4 Å². The molecule has 10 heteroatoms. The Morgan fingerprint density at radius 1 is 1.14 bits per heavy atom. The number of fused-ring (bicyclic) bond motifs is 1. The summed E-state index contributed by atoms with van der Waals surface area (Å²) >= 11 is 1.81. The summed E-state index contributed by atoms with van der Waals surface area (Å²) in [6.07, 6.45) is 3.06. The molecule has 1 aliphatic heterocycles. The van der Waals surface area contributed by atoms with Crippen LogP contribution in [0.2, 0.25) is 0 Å². The Balaban J connectivity index is 1.53. The highest BCUT2D eigenvalue weighted by molar-refractivity contribution is 14.1. The highest BCUT2D eigenvalue weighted by atomic mass is 127. The summed E-state index contributed by atoms with van der Waals surface area (Å²) in [5.41, 5.74) is 2.99. The van der Waals surface area contributed by atoms with Crippen LogP contribution in [-0.2, 0) is 4.79 Å². The van der Waals surface area contributed by atoms with E-state index in [-0.39, 0.29) is 11.8 Å². The number of nitrogens with zero attached hydrogens (tertiary/aromatic N) is 4. The standard InChI is InChI=1S/C19H19IN6O3/c20-23-17(27)12-3-5-14(6-4-12)21-19-22-16-15(2-1-9-26(16)24-19)25-10-7-13(8-11-25)18(28)29/h1-6,9,13H,7-8,10-11H2,(H,21,24)(H,23,27)(H,28,29). The molecule has 0 unspecified atom stereocenters. The second kappa shape index (κ2) is 8.23. The topological polar surface area (TPSA) is 112 Å². The first-order chi connectivity index (χ1) is 14.0. The molecule has 4 rings (SSSR count). The lowest BCUT2D eigenvalue weighted by Gasteiger charge is -2.31. The molecular weight excluding hydrogens is 487 g/mol. The number of aliphatic carboxylic acids is 1. The van der Waals surface area contributed by atoms with Gasteiger partial charge in [-0.3, -0.25) is 13.1 Å². The Bertz CT molecular complexity index is 1040. The Morgan fingerprint density at radius 3 is 2.52 bits per heavy atom. The normalized spacial score (nSPS) is 14.7. The summed E-state index contributed by atoms with van der Waals surface area (Å²) in [7, 11) is 0. The van der Waals surface area contributed by atoms with Crippen molar-refractivity contribution in [1.82, 2.24) is 18.1 Å². The van der Waals surface area contributed by atoms with Crippen LogP contribution in [0.25, 0.3) is 5.65 Å². The van der Waals surface area contributed by atoms with Crippen molar-refractivity contribution < 1.29 is 14.7 Å². The van der Waals surface area contributed by atoms with Gasteiger partial charge in [-0.1, -0.05) is 0 Å². The van der Waals surface area contributed by atoms with E-state index in [2.05, 4.69) is 23.8 Å². The zero-order valence-corrected chi connectivity index (χ0v) is 17.5. The summed E-state index contributed by atoms with van der Waals surface area (Å²) in [5, 5.41) is 16.8. The maximum absolute atomic E-state index is 11.6. The van der Waals surface area contributed by atoms with Crippen molar-refractivity contribution in [2.75, 3.05) is 23.3 Å². The van der Waals surface area contributed by atoms with Crippen LogP contribution in [0.15, 0.2) is 42.6 Å². The molecule has 3 aromatic rings. The molecule has 3 N–H and O–H groups in total. The van der Waals surface area contributed by atoms with E-state index < -0.39 is 5.97 Å². The number of hydrogen-bond donors (Lipinski definition) is 3. The third-order valence-corrected chi connectivity index (χ3v) is 5.51. The molecule has 0 aliphatic carbocycles. The molecule has 9 nitrogen and oxygen atoms in total. The second-order valence-corrected chi connectivity index (χ2v) is 7.36. The molecule has 2 aromatic heterocycles. The van der Waals surface area contributed by atoms with Gasteiger partial charge in [0.25, 0.3) is 5.91 Å². The number of amides is 1. The van der Waals surface area contributed by atoms with Crippen LogP contribution >= 0.6 is 22.9 Å². The van der Waals surface area contributed by atoms with E-state index in [1.165, 1.54) is 0 Å². The number of hydrogen-bond acceptors (Lipinski definition) is 6. The summed E-state index contributed by atoms with van der Waals surface area (Å²) in [4.78, 5) is 29.6. The number of carboxylic acids is 1. The Labute approximate surface area is 180 Å². The summed E-state index contributed by atoms with van der Waals surface area (Å²) in [6, 6.07) is 10.9. The minimum atomic E-state index is -0.723. The van der Waals surface area contributed by atoms with Crippen molar-refractivity contribution in [2.45, 2.75) is 12.8 Å². The maximum atomic E-state index is 11.6. The number of halogens is 1. The molecule has 0 atom stereocenters. The number of piperidine rings is 1. The van der Waals surface area contributed by atoms with Crippen molar-refractivity contribution in [2.24, 2.45) is 5.92 Å². The van der Waals surface area contributed by atoms with E-state index in [9.17, 15) is 14.7 Å². The van der Waals surface area contributed by atoms with Gasteiger partial charge in [0.15, 0.2) is 5.65 Å². The molecular formula is C19H19IN6O3. The maximum Gasteiger partial charge on any atom is 0.306 e. The number of benzene rings is 1. The van der Waals surface area contributed by atoms with Crippen LogP contribution in [0.1, 0.15) is 23.2 Å². The van der Waals surface area contributed by atoms with E-state index >= 15 is 0 Å². The average Bonchev–Trinajstić information content (AvgIpc) is 3.16.